The summed E-state index contributed by atoms with van der Waals surface area (Å²) in [5, 5.41) is 3.69. The summed E-state index contributed by atoms with van der Waals surface area (Å²) in [4.78, 5) is 29.2. The Morgan fingerprint density at radius 2 is 1.97 bits per heavy atom. The first-order chi connectivity index (χ1) is 15.4. The van der Waals surface area contributed by atoms with Gasteiger partial charge in [0.2, 0.25) is 0 Å². The molecule has 6 nitrogen and oxygen atoms in total. The van der Waals surface area contributed by atoms with Crippen molar-refractivity contribution in [3.05, 3.63) is 58.3 Å². The molecule has 1 heterocycles. The Bertz CT molecular complexity index is 1070. The molecule has 3 aliphatic rings. The van der Waals surface area contributed by atoms with Crippen molar-refractivity contribution >= 4 is 40.8 Å². The lowest BCUT2D eigenvalue weighted by molar-refractivity contribution is -0.139. The molecule has 2 aliphatic carbocycles. The SMILES string of the molecule is O=C(COc1ccc(F)c(Cl)c1)NC12CCC1C(N1CCN(c3ccc(Cl)cc3)C1=O)C2. The van der Waals surface area contributed by atoms with Crippen LogP contribution in [0.5, 0.6) is 5.75 Å². The summed E-state index contributed by atoms with van der Waals surface area (Å²) in [6.45, 7) is 1.13. The van der Waals surface area contributed by atoms with Crippen LogP contribution in [0.3, 0.4) is 0 Å². The number of nitrogens with zero attached hydrogens (tertiary/aromatic N) is 2. The van der Waals surface area contributed by atoms with Gasteiger partial charge in [-0.1, -0.05) is 23.2 Å². The van der Waals surface area contributed by atoms with E-state index >= 15 is 0 Å². The Morgan fingerprint density at radius 1 is 1.19 bits per heavy atom. The third kappa shape index (κ3) is 3.67. The Kier molecular flexibility index (Phi) is 5.42. The van der Waals surface area contributed by atoms with Gasteiger partial charge in [0.1, 0.15) is 11.6 Å². The Hall–Kier alpha value is -2.51. The fourth-order valence-corrected chi connectivity index (χ4v) is 5.41. The van der Waals surface area contributed by atoms with Crippen LogP contribution in [-0.4, -0.2) is 48.1 Å². The van der Waals surface area contributed by atoms with Crippen molar-refractivity contribution in [2.24, 2.45) is 5.92 Å². The molecule has 5 rings (SSSR count). The average Bonchev–Trinajstić information content (AvgIpc) is 3.14. The molecule has 1 aliphatic heterocycles. The van der Waals surface area contributed by atoms with E-state index in [1.165, 1.54) is 18.2 Å². The third-order valence-electron chi connectivity index (χ3n) is 6.88. The number of anilines is 1. The highest BCUT2D eigenvalue weighted by atomic mass is 35.5. The highest BCUT2D eigenvalue weighted by molar-refractivity contribution is 6.31. The second kappa shape index (κ2) is 8.12. The fraction of sp³-hybridized carbons (Fsp3) is 0.391. The van der Waals surface area contributed by atoms with E-state index < -0.39 is 5.82 Å². The first kappa shape index (κ1) is 21.3. The van der Waals surface area contributed by atoms with Crippen molar-refractivity contribution in [1.82, 2.24) is 10.2 Å². The normalized spacial score (nSPS) is 26.3. The molecule has 2 aromatic rings. The van der Waals surface area contributed by atoms with Crippen LogP contribution in [0.4, 0.5) is 14.9 Å². The minimum atomic E-state index is -0.536. The van der Waals surface area contributed by atoms with Gasteiger partial charge >= 0.3 is 6.03 Å². The molecule has 9 heteroatoms. The minimum Gasteiger partial charge on any atom is -0.484 e. The van der Waals surface area contributed by atoms with Gasteiger partial charge in [0.15, 0.2) is 6.61 Å². The van der Waals surface area contributed by atoms with Crippen molar-refractivity contribution in [2.45, 2.75) is 30.8 Å². The van der Waals surface area contributed by atoms with Crippen LogP contribution in [0.15, 0.2) is 42.5 Å². The van der Waals surface area contributed by atoms with Crippen LogP contribution >= 0.6 is 23.2 Å². The maximum absolute atomic E-state index is 13.2. The van der Waals surface area contributed by atoms with E-state index in [4.69, 9.17) is 27.9 Å². The molecule has 1 saturated heterocycles. The molecule has 3 amide bonds. The van der Waals surface area contributed by atoms with Gasteiger partial charge in [-0.25, -0.2) is 9.18 Å². The monoisotopic (exact) mass is 477 g/mol. The van der Waals surface area contributed by atoms with Crippen LogP contribution in [0.2, 0.25) is 10.0 Å². The second-order valence-electron chi connectivity index (χ2n) is 8.59. The van der Waals surface area contributed by atoms with Crippen molar-refractivity contribution in [3.63, 3.8) is 0 Å². The zero-order valence-electron chi connectivity index (χ0n) is 17.2. The number of nitrogens with one attached hydrogen (secondary N) is 1. The van der Waals surface area contributed by atoms with Gasteiger partial charge in [0.25, 0.3) is 5.91 Å². The van der Waals surface area contributed by atoms with E-state index in [1.807, 2.05) is 17.0 Å². The van der Waals surface area contributed by atoms with Crippen molar-refractivity contribution < 1.29 is 18.7 Å². The Morgan fingerprint density at radius 3 is 2.62 bits per heavy atom. The molecule has 0 radical (unpaired) electrons. The van der Waals surface area contributed by atoms with Gasteiger partial charge in [-0.05, 0) is 55.7 Å². The number of urea groups is 1. The molecular formula is C23H22Cl2FN3O3. The lowest BCUT2D eigenvalue weighted by atomic mass is 9.50. The van der Waals surface area contributed by atoms with E-state index in [0.29, 0.717) is 23.9 Å². The standard InChI is InChI=1S/C23H22Cl2FN3O3/c24-14-1-3-15(4-2-14)28-9-10-29(22(28)31)20-12-23(8-7-17(20)23)27-21(30)13-32-16-5-6-19(26)18(25)11-16/h1-6,11,17,20H,7-10,12-13H2,(H,27,30). The predicted octanol–water partition coefficient (Wildman–Crippen LogP) is 4.49. The summed E-state index contributed by atoms with van der Waals surface area (Å²) in [5.41, 5.74) is 0.576. The van der Waals surface area contributed by atoms with E-state index in [2.05, 4.69) is 5.32 Å². The van der Waals surface area contributed by atoms with Gasteiger partial charge in [-0.2, -0.15) is 0 Å². The highest BCUT2D eigenvalue weighted by Gasteiger charge is 2.63. The number of hydrogen-bond donors (Lipinski definition) is 1. The summed E-state index contributed by atoms with van der Waals surface area (Å²) in [6.07, 6.45) is 2.61. The van der Waals surface area contributed by atoms with Gasteiger partial charge in [0, 0.05) is 47.4 Å². The maximum Gasteiger partial charge on any atom is 0.324 e. The largest absolute Gasteiger partial charge is 0.484 e. The quantitative estimate of drug-likeness (QED) is 0.666. The third-order valence-corrected chi connectivity index (χ3v) is 7.42. The molecule has 2 aromatic carbocycles. The maximum atomic E-state index is 13.2. The molecule has 168 valence electrons. The molecular weight excluding hydrogens is 456 g/mol. The topological polar surface area (TPSA) is 61.9 Å². The van der Waals surface area contributed by atoms with Crippen LogP contribution in [0, 0.1) is 11.7 Å². The van der Waals surface area contributed by atoms with E-state index in [-0.39, 0.29) is 41.1 Å². The van der Waals surface area contributed by atoms with Crippen molar-refractivity contribution in [1.29, 1.82) is 0 Å². The summed E-state index contributed by atoms with van der Waals surface area (Å²) in [7, 11) is 0. The number of benzene rings is 2. The number of carbonyl (C=O) groups is 2. The van der Waals surface area contributed by atoms with Gasteiger partial charge in [-0.3, -0.25) is 9.69 Å². The predicted molar refractivity (Wildman–Crippen MR) is 120 cm³/mol. The highest BCUT2D eigenvalue weighted by Crippen LogP contribution is 2.56. The van der Waals surface area contributed by atoms with Crippen LogP contribution in [0.25, 0.3) is 0 Å². The second-order valence-corrected chi connectivity index (χ2v) is 9.43. The molecule has 3 atom stereocenters. The number of carbonyl (C=O) groups excluding carboxylic acids is 2. The number of amides is 3. The van der Waals surface area contributed by atoms with E-state index in [1.54, 1.807) is 17.0 Å². The molecule has 2 saturated carbocycles. The van der Waals surface area contributed by atoms with Crippen LogP contribution in [-0.2, 0) is 4.79 Å². The summed E-state index contributed by atoms with van der Waals surface area (Å²) < 4.78 is 18.7. The number of halogens is 3. The van der Waals surface area contributed by atoms with E-state index in [9.17, 15) is 14.0 Å². The molecule has 0 spiro atoms. The molecule has 3 unspecified atom stereocenters. The van der Waals surface area contributed by atoms with Crippen molar-refractivity contribution in [2.75, 3.05) is 24.6 Å². The van der Waals surface area contributed by atoms with Crippen molar-refractivity contribution in [3.8, 4) is 5.75 Å². The van der Waals surface area contributed by atoms with Crippen LogP contribution < -0.4 is 15.0 Å². The van der Waals surface area contributed by atoms with Gasteiger partial charge in [0.05, 0.1) is 5.02 Å². The Labute approximate surface area is 195 Å². The summed E-state index contributed by atoms with van der Waals surface area (Å²) >= 11 is 11.7. The van der Waals surface area contributed by atoms with Gasteiger partial charge < -0.3 is 15.0 Å². The minimum absolute atomic E-state index is 0.000621. The number of rotatable bonds is 6. The summed E-state index contributed by atoms with van der Waals surface area (Å²) in [6, 6.07) is 11.4. The number of fused-ring (bicyclic) bond motifs is 1. The lowest BCUT2D eigenvalue weighted by Gasteiger charge is -2.64. The molecule has 1 N–H and O–H groups in total. The number of ether oxygens (including phenoxy) is 1. The zero-order chi connectivity index (χ0) is 22.5. The molecule has 32 heavy (non-hydrogen) atoms. The van der Waals surface area contributed by atoms with Gasteiger partial charge in [-0.15, -0.1) is 0 Å². The first-order valence-electron chi connectivity index (χ1n) is 10.6. The molecule has 0 bridgehead atoms. The average molecular weight is 478 g/mol. The number of hydrogen-bond acceptors (Lipinski definition) is 3. The molecule has 3 fully saturated rings. The summed E-state index contributed by atoms with van der Waals surface area (Å²) in [5.74, 6) is -0.179. The smallest absolute Gasteiger partial charge is 0.324 e. The zero-order valence-corrected chi connectivity index (χ0v) is 18.7. The Balaban J connectivity index is 1.16. The van der Waals surface area contributed by atoms with E-state index in [0.717, 1.165) is 24.9 Å². The fourth-order valence-electron chi connectivity index (χ4n) is 5.11. The van der Waals surface area contributed by atoms with Crippen LogP contribution in [0.1, 0.15) is 19.3 Å². The lowest BCUT2D eigenvalue weighted by Crippen LogP contribution is -2.76. The first-order valence-corrected chi connectivity index (χ1v) is 11.3. The molecule has 0 aromatic heterocycles.